The normalized spacial score (nSPS) is 12.4. The summed E-state index contributed by atoms with van der Waals surface area (Å²) in [6.07, 6.45) is 3.70. The SMILES string of the molecule is CCC(C(N)=O)c1ccncn1. The van der Waals surface area contributed by atoms with Gasteiger partial charge in [0, 0.05) is 6.20 Å². The largest absolute Gasteiger partial charge is 0.369 e. The molecule has 0 spiro atoms. The molecule has 0 aromatic carbocycles. The van der Waals surface area contributed by atoms with Crippen LogP contribution >= 0.6 is 0 Å². The summed E-state index contributed by atoms with van der Waals surface area (Å²) in [5.74, 6) is -0.621. The number of nitrogens with two attached hydrogens (primary N) is 1. The fourth-order valence-electron chi connectivity index (χ4n) is 1.06. The molecule has 0 aliphatic rings. The van der Waals surface area contributed by atoms with E-state index < -0.39 is 0 Å². The Labute approximate surface area is 70.8 Å². The molecule has 1 aromatic heterocycles. The highest BCUT2D eigenvalue weighted by molar-refractivity contribution is 5.81. The molecule has 0 fully saturated rings. The van der Waals surface area contributed by atoms with Crippen molar-refractivity contribution in [1.29, 1.82) is 0 Å². The van der Waals surface area contributed by atoms with Gasteiger partial charge in [-0.3, -0.25) is 4.79 Å². The molecule has 4 heteroatoms. The molecule has 64 valence electrons. The molecular weight excluding hydrogens is 154 g/mol. The van der Waals surface area contributed by atoms with Gasteiger partial charge in [0.1, 0.15) is 6.33 Å². The van der Waals surface area contributed by atoms with Gasteiger partial charge in [0.05, 0.1) is 11.6 Å². The van der Waals surface area contributed by atoms with Crippen molar-refractivity contribution in [2.24, 2.45) is 5.73 Å². The highest BCUT2D eigenvalue weighted by Gasteiger charge is 2.15. The average molecular weight is 165 g/mol. The van der Waals surface area contributed by atoms with E-state index >= 15 is 0 Å². The van der Waals surface area contributed by atoms with Crippen molar-refractivity contribution in [3.05, 3.63) is 24.3 Å². The number of carbonyl (C=O) groups excluding carboxylic acids is 1. The molecule has 1 rings (SSSR count). The summed E-state index contributed by atoms with van der Waals surface area (Å²) in [5, 5.41) is 0. The quantitative estimate of drug-likeness (QED) is 0.707. The Balaban J connectivity index is 2.88. The number of hydrogen-bond acceptors (Lipinski definition) is 3. The van der Waals surface area contributed by atoms with Crippen LogP contribution in [0.3, 0.4) is 0 Å². The first-order valence-corrected chi connectivity index (χ1v) is 3.81. The number of amides is 1. The van der Waals surface area contributed by atoms with Crippen molar-refractivity contribution in [2.45, 2.75) is 19.3 Å². The molecule has 1 heterocycles. The van der Waals surface area contributed by atoms with Crippen molar-refractivity contribution >= 4 is 5.91 Å². The van der Waals surface area contributed by atoms with Crippen LogP contribution in [0.4, 0.5) is 0 Å². The van der Waals surface area contributed by atoms with Gasteiger partial charge in [-0.05, 0) is 12.5 Å². The molecule has 1 unspecified atom stereocenters. The minimum Gasteiger partial charge on any atom is -0.369 e. The summed E-state index contributed by atoms with van der Waals surface area (Å²) in [7, 11) is 0. The van der Waals surface area contributed by atoms with Crippen LogP contribution in [0.5, 0.6) is 0 Å². The lowest BCUT2D eigenvalue weighted by Crippen LogP contribution is -2.21. The van der Waals surface area contributed by atoms with Gasteiger partial charge < -0.3 is 5.73 Å². The lowest BCUT2D eigenvalue weighted by atomic mass is 10.0. The van der Waals surface area contributed by atoms with E-state index in [-0.39, 0.29) is 11.8 Å². The maximum Gasteiger partial charge on any atom is 0.226 e. The van der Waals surface area contributed by atoms with Crippen LogP contribution in [-0.2, 0) is 4.79 Å². The third-order valence-corrected chi connectivity index (χ3v) is 1.71. The van der Waals surface area contributed by atoms with E-state index in [9.17, 15) is 4.79 Å². The molecule has 0 bridgehead atoms. The number of rotatable bonds is 3. The van der Waals surface area contributed by atoms with Crippen LogP contribution < -0.4 is 5.73 Å². The van der Waals surface area contributed by atoms with E-state index in [1.807, 2.05) is 6.92 Å². The predicted octanol–water partition coefficient (Wildman–Crippen LogP) is 0.456. The van der Waals surface area contributed by atoms with Crippen LogP contribution in [0.15, 0.2) is 18.6 Å². The molecule has 1 amide bonds. The molecule has 1 aromatic rings. The highest BCUT2D eigenvalue weighted by Crippen LogP contribution is 2.14. The monoisotopic (exact) mass is 165 g/mol. The Morgan fingerprint density at radius 2 is 2.50 bits per heavy atom. The summed E-state index contributed by atoms with van der Waals surface area (Å²) in [5.41, 5.74) is 5.87. The smallest absolute Gasteiger partial charge is 0.226 e. The van der Waals surface area contributed by atoms with Crippen LogP contribution in [-0.4, -0.2) is 15.9 Å². The highest BCUT2D eigenvalue weighted by atomic mass is 16.1. The second kappa shape index (κ2) is 3.80. The minimum atomic E-state index is -0.337. The van der Waals surface area contributed by atoms with E-state index in [4.69, 9.17) is 5.73 Å². The zero-order chi connectivity index (χ0) is 8.97. The minimum absolute atomic E-state index is 0.284. The van der Waals surface area contributed by atoms with E-state index in [1.165, 1.54) is 6.33 Å². The average Bonchev–Trinajstić information content (AvgIpc) is 2.07. The molecule has 12 heavy (non-hydrogen) atoms. The van der Waals surface area contributed by atoms with E-state index in [2.05, 4.69) is 9.97 Å². The van der Waals surface area contributed by atoms with Crippen LogP contribution in [0, 0.1) is 0 Å². The number of carbonyl (C=O) groups is 1. The molecule has 0 saturated heterocycles. The number of nitrogens with zero attached hydrogens (tertiary/aromatic N) is 2. The first-order chi connectivity index (χ1) is 5.75. The Morgan fingerprint density at radius 1 is 1.75 bits per heavy atom. The Bertz CT molecular complexity index is 260. The number of hydrogen-bond donors (Lipinski definition) is 1. The molecule has 1 atom stereocenters. The zero-order valence-corrected chi connectivity index (χ0v) is 6.90. The molecule has 0 saturated carbocycles. The van der Waals surface area contributed by atoms with E-state index in [0.717, 1.165) is 0 Å². The lowest BCUT2D eigenvalue weighted by molar-refractivity contribution is -0.119. The van der Waals surface area contributed by atoms with Gasteiger partial charge >= 0.3 is 0 Å². The maximum absolute atomic E-state index is 10.9. The van der Waals surface area contributed by atoms with E-state index in [0.29, 0.717) is 12.1 Å². The van der Waals surface area contributed by atoms with Crippen molar-refractivity contribution in [2.75, 3.05) is 0 Å². The molecule has 2 N–H and O–H groups in total. The Morgan fingerprint density at radius 3 is 2.92 bits per heavy atom. The van der Waals surface area contributed by atoms with Crippen LogP contribution in [0.25, 0.3) is 0 Å². The fraction of sp³-hybridized carbons (Fsp3) is 0.375. The van der Waals surface area contributed by atoms with Gasteiger partial charge in [-0.15, -0.1) is 0 Å². The molecular formula is C8H11N3O. The van der Waals surface area contributed by atoms with Gasteiger partial charge in [-0.1, -0.05) is 6.92 Å². The fourth-order valence-corrected chi connectivity index (χ4v) is 1.06. The lowest BCUT2D eigenvalue weighted by Gasteiger charge is -2.08. The summed E-state index contributed by atoms with van der Waals surface area (Å²) in [6.45, 7) is 1.90. The van der Waals surface area contributed by atoms with Crippen molar-refractivity contribution in [3.8, 4) is 0 Å². The zero-order valence-electron chi connectivity index (χ0n) is 6.90. The topological polar surface area (TPSA) is 68.9 Å². The molecule has 0 aliphatic heterocycles. The van der Waals surface area contributed by atoms with Crippen molar-refractivity contribution in [3.63, 3.8) is 0 Å². The van der Waals surface area contributed by atoms with Gasteiger partial charge in [-0.2, -0.15) is 0 Å². The molecule has 0 aliphatic carbocycles. The number of aromatic nitrogens is 2. The van der Waals surface area contributed by atoms with Gasteiger partial charge in [0.15, 0.2) is 0 Å². The summed E-state index contributed by atoms with van der Waals surface area (Å²) >= 11 is 0. The summed E-state index contributed by atoms with van der Waals surface area (Å²) in [6, 6.07) is 1.71. The van der Waals surface area contributed by atoms with E-state index in [1.54, 1.807) is 12.3 Å². The van der Waals surface area contributed by atoms with Crippen LogP contribution in [0.1, 0.15) is 25.0 Å². The third-order valence-electron chi connectivity index (χ3n) is 1.71. The molecule has 4 nitrogen and oxygen atoms in total. The maximum atomic E-state index is 10.9. The van der Waals surface area contributed by atoms with Gasteiger partial charge in [-0.25, -0.2) is 9.97 Å². The third kappa shape index (κ3) is 1.78. The van der Waals surface area contributed by atoms with Gasteiger partial charge in [0.25, 0.3) is 0 Å². The molecule has 0 radical (unpaired) electrons. The Kier molecular flexibility index (Phi) is 2.74. The first-order valence-electron chi connectivity index (χ1n) is 3.81. The first kappa shape index (κ1) is 8.64. The standard InChI is InChI=1S/C8H11N3O/c1-2-6(8(9)12)7-3-4-10-5-11-7/h3-6H,2H2,1H3,(H2,9,12). The summed E-state index contributed by atoms with van der Waals surface area (Å²) < 4.78 is 0. The predicted molar refractivity (Wildman–Crippen MR) is 44.3 cm³/mol. The van der Waals surface area contributed by atoms with Crippen molar-refractivity contribution < 1.29 is 4.79 Å². The second-order valence-corrected chi connectivity index (χ2v) is 2.50. The van der Waals surface area contributed by atoms with Crippen molar-refractivity contribution in [1.82, 2.24) is 9.97 Å². The van der Waals surface area contributed by atoms with Gasteiger partial charge in [0.2, 0.25) is 5.91 Å². The Hall–Kier alpha value is -1.45. The second-order valence-electron chi connectivity index (χ2n) is 2.50. The summed E-state index contributed by atoms with van der Waals surface area (Å²) in [4.78, 5) is 18.6. The number of primary amides is 1. The van der Waals surface area contributed by atoms with Crippen LogP contribution in [0.2, 0.25) is 0 Å².